The SMILES string of the molecule is CC1(C)c2ccccc2-c2c(N(c3ccc(-c4ccc5ccccc5c4)cc3)c3ccc4ccccc4c3)cccc21. The second kappa shape index (κ2) is 9.46. The second-order valence-electron chi connectivity index (χ2n) is 11.8. The molecule has 8 rings (SSSR count). The summed E-state index contributed by atoms with van der Waals surface area (Å²) in [5.41, 5.74) is 11.3. The van der Waals surface area contributed by atoms with Crippen LogP contribution in [-0.2, 0) is 5.41 Å². The zero-order valence-corrected chi connectivity index (χ0v) is 23.9. The first-order valence-electron chi connectivity index (χ1n) is 14.7. The molecule has 200 valence electrons. The molecule has 0 N–H and O–H groups in total. The zero-order chi connectivity index (χ0) is 28.3. The summed E-state index contributed by atoms with van der Waals surface area (Å²) in [6.07, 6.45) is 0. The maximum absolute atomic E-state index is 2.44. The first-order chi connectivity index (χ1) is 20.6. The van der Waals surface area contributed by atoms with Gasteiger partial charge in [0.2, 0.25) is 0 Å². The Hall–Kier alpha value is -5.14. The largest absolute Gasteiger partial charge is 0.310 e. The second-order valence-corrected chi connectivity index (χ2v) is 11.8. The summed E-state index contributed by atoms with van der Waals surface area (Å²) >= 11 is 0. The fourth-order valence-electron chi connectivity index (χ4n) is 6.84. The first kappa shape index (κ1) is 24.6. The minimum Gasteiger partial charge on any atom is -0.310 e. The third-order valence-electron chi connectivity index (χ3n) is 9.03. The summed E-state index contributed by atoms with van der Waals surface area (Å²) in [6.45, 7) is 4.69. The number of anilines is 3. The molecule has 1 nitrogen and oxygen atoms in total. The van der Waals surface area contributed by atoms with Crippen molar-refractivity contribution < 1.29 is 0 Å². The van der Waals surface area contributed by atoms with Gasteiger partial charge in [0.25, 0.3) is 0 Å². The molecule has 7 aromatic rings. The molecule has 0 bridgehead atoms. The van der Waals surface area contributed by atoms with Gasteiger partial charge in [-0.1, -0.05) is 129 Å². The van der Waals surface area contributed by atoms with Crippen molar-refractivity contribution in [2.45, 2.75) is 19.3 Å². The lowest BCUT2D eigenvalue weighted by Crippen LogP contribution is -2.16. The van der Waals surface area contributed by atoms with E-state index in [0.717, 1.165) is 11.4 Å². The maximum atomic E-state index is 2.44. The summed E-state index contributed by atoms with van der Waals surface area (Å²) < 4.78 is 0. The van der Waals surface area contributed by atoms with Crippen molar-refractivity contribution in [3.05, 3.63) is 163 Å². The van der Waals surface area contributed by atoms with Gasteiger partial charge in [-0.25, -0.2) is 0 Å². The van der Waals surface area contributed by atoms with E-state index in [1.807, 2.05) is 0 Å². The molecule has 0 radical (unpaired) electrons. The van der Waals surface area contributed by atoms with Crippen LogP contribution < -0.4 is 4.90 Å². The highest BCUT2D eigenvalue weighted by Gasteiger charge is 2.37. The lowest BCUT2D eigenvalue weighted by atomic mass is 9.82. The molecule has 0 atom stereocenters. The summed E-state index contributed by atoms with van der Waals surface area (Å²) in [5.74, 6) is 0. The predicted molar refractivity (Wildman–Crippen MR) is 179 cm³/mol. The van der Waals surface area contributed by atoms with E-state index in [2.05, 4.69) is 170 Å². The third kappa shape index (κ3) is 3.85. The van der Waals surface area contributed by atoms with Crippen molar-refractivity contribution in [3.8, 4) is 22.3 Å². The molecule has 0 amide bonds. The number of rotatable bonds is 4. The van der Waals surface area contributed by atoms with Crippen LogP contribution in [0.15, 0.2) is 152 Å². The molecule has 0 saturated carbocycles. The van der Waals surface area contributed by atoms with E-state index in [1.165, 1.54) is 60.6 Å². The molecule has 1 aliphatic rings. The van der Waals surface area contributed by atoms with Gasteiger partial charge in [-0.3, -0.25) is 0 Å². The van der Waals surface area contributed by atoms with Gasteiger partial charge >= 0.3 is 0 Å². The zero-order valence-electron chi connectivity index (χ0n) is 23.9. The molecule has 7 aromatic carbocycles. The number of benzene rings is 7. The van der Waals surface area contributed by atoms with E-state index in [9.17, 15) is 0 Å². The monoisotopic (exact) mass is 537 g/mol. The fraction of sp³-hybridized carbons (Fsp3) is 0.0732. The van der Waals surface area contributed by atoms with Crippen molar-refractivity contribution >= 4 is 38.6 Å². The Morgan fingerprint density at radius 1 is 0.429 bits per heavy atom. The number of fused-ring (bicyclic) bond motifs is 5. The molecule has 0 saturated heterocycles. The lowest BCUT2D eigenvalue weighted by molar-refractivity contribution is 0.660. The molecule has 1 heteroatoms. The quantitative estimate of drug-likeness (QED) is 0.216. The van der Waals surface area contributed by atoms with Gasteiger partial charge in [0.05, 0.1) is 5.69 Å². The smallest absolute Gasteiger partial charge is 0.0543 e. The Morgan fingerprint density at radius 2 is 1.00 bits per heavy atom. The van der Waals surface area contributed by atoms with Crippen LogP contribution in [0.5, 0.6) is 0 Å². The topological polar surface area (TPSA) is 3.24 Å². The van der Waals surface area contributed by atoms with Crippen LogP contribution in [0.3, 0.4) is 0 Å². The summed E-state index contributed by atoms with van der Waals surface area (Å²) in [5, 5.41) is 5.01. The van der Waals surface area contributed by atoms with Crippen LogP contribution in [0.1, 0.15) is 25.0 Å². The van der Waals surface area contributed by atoms with Gasteiger partial charge in [0.15, 0.2) is 0 Å². The Morgan fingerprint density at radius 3 is 1.76 bits per heavy atom. The highest BCUT2D eigenvalue weighted by Crippen LogP contribution is 2.54. The average molecular weight is 538 g/mol. The summed E-state index contributed by atoms with van der Waals surface area (Å²) in [6, 6.07) is 55.5. The highest BCUT2D eigenvalue weighted by molar-refractivity contribution is 5.97. The van der Waals surface area contributed by atoms with E-state index in [0.29, 0.717) is 0 Å². The van der Waals surface area contributed by atoms with Gasteiger partial charge in [-0.05, 0) is 85.8 Å². The van der Waals surface area contributed by atoms with Crippen molar-refractivity contribution in [2.75, 3.05) is 4.90 Å². The average Bonchev–Trinajstić information content (AvgIpc) is 3.28. The Bertz CT molecular complexity index is 2120. The van der Waals surface area contributed by atoms with Crippen LogP contribution >= 0.6 is 0 Å². The third-order valence-corrected chi connectivity index (χ3v) is 9.03. The molecular weight excluding hydrogens is 506 g/mol. The van der Waals surface area contributed by atoms with E-state index in [1.54, 1.807) is 0 Å². The van der Waals surface area contributed by atoms with Crippen LogP contribution in [0.4, 0.5) is 17.1 Å². The Balaban J connectivity index is 1.32. The Labute approximate surface area is 247 Å². The van der Waals surface area contributed by atoms with E-state index < -0.39 is 0 Å². The molecular formula is C41H31N. The molecule has 0 spiro atoms. The predicted octanol–water partition coefficient (Wildman–Crippen LogP) is 11.4. The maximum Gasteiger partial charge on any atom is 0.0543 e. The van der Waals surface area contributed by atoms with Gasteiger partial charge < -0.3 is 4.90 Å². The van der Waals surface area contributed by atoms with Gasteiger partial charge in [-0.2, -0.15) is 0 Å². The van der Waals surface area contributed by atoms with Crippen molar-refractivity contribution in [3.63, 3.8) is 0 Å². The number of nitrogens with zero attached hydrogens (tertiary/aromatic N) is 1. The minimum absolute atomic E-state index is 0.0586. The van der Waals surface area contributed by atoms with E-state index in [-0.39, 0.29) is 5.41 Å². The van der Waals surface area contributed by atoms with Crippen LogP contribution in [-0.4, -0.2) is 0 Å². The summed E-state index contributed by atoms with van der Waals surface area (Å²) in [4.78, 5) is 2.44. The minimum atomic E-state index is -0.0586. The lowest BCUT2D eigenvalue weighted by Gasteiger charge is -2.29. The molecule has 0 heterocycles. The van der Waals surface area contributed by atoms with Crippen molar-refractivity contribution in [1.29, 1.82) is 0 Å². The van der Waals surface area contributed by atoms with Crippen LogP contribution in [0, 0.1) is 0 Å². The standard InChI is InChI=1S/C41H31N/c1-41(2)37-15-8-7-14-36(37)40-38(41)16-9-17-39(40)42(35-25-22-29-11-4-6-13-32(29)27-35)34-23-20-30(21-24-34)33-19-18-28-10-3-5-12-31(28)26-33/h3-27H,1-2H3. The van der Waals surface area contributed by atoms with Crippen LogP contribution in [0.25, 0.3) is 43.8 Å². The van der Waals surface area contributed by atoms with Gasteiger partial charge in [0, 0.05) is 22.4 Å². The first-order valence-corrected chi connectivity index (χ1v) is 14.7. The summed E-state index contributed by atoms with van der Waals surface area (Å²) in [7, 11) is 0. The van der Waals surface area contributed by atoms with Crippen LogP contribution in [0.2, 0.25) is 0 Å². The Kier molecular flexibility index (Phi) is 5.55. The number of hydrogen-bond donors (Lipinski definition) is 0. The molecule has 0 unspecified atom stereocenters. The van der Waals surface area contributed by atoms with E-state index >= 15 is 0 Å². The highest BCUT2D eigenvalue weighted by atomic mass is 15.1. The number of hydrogen-bond acceptors (Lipinski definition) is 1. The fourth-order valence-corrected chi connectivity index (χ4v) is 6.84. The van der Waals surface area contributed by atoms with E-state index in [4.69, 9.17) is 0 Å². The van der Waals surface area contributed by atoms with Gasteiger partial charge in [0.1, 0.15) is 0 Å². The molecule has 0 fully saturated rings. The van der Waals surface area contributed by atoms with Crippen molar-refractivity contribution in [1.82, 2.24) is 0 Å². The molecule has 0 aromatic heterocycles. The molecule has 42 heavy (non-hydrogen) atoms. The normalized spacial score (nSPS) is 13.2. The molecule has 0 aliphatic heterocycles. The molecule has 1 aliphatic carbocycles. The van der Waals surface area contributed by atoms with Crippen molar-refractivity contribution in [2.24, 2.45) is 0 Å². The van der Waals surface area contributed by atoms with Gasteiger partial charge in [-0.15, -0.1) is 0 Å².